The zero-order chi connectivity index (χ0) is 23.4. The average Bonchev–Trinajstić information content (AvgIpc) is 3.35. The Morgan fingerprint density at radius 3 is 2.48 bits per heavy atom. The van der Waals surface area contributed by atoms with Gasteiger partial charge in [0.2, 0.25) is 5.91 Å². The number of ether oxygens (including phenoxy) is 1. The lowest BCUT2D eigenvalue weighted by atomic mass is 10.1. The summed E-state index contributed by atoms with van der Waals surface area (Å²) in [5.41, 5.74) is 4.40. The lowest BCUT2D eigenvalue weighted by Crippen LogP contribution is -2.36. The first-order valence-electron chi connectivity index (χ1n) is 11.2. The zero-order valence-corrected chi connectivity index (χ0v) is 19.0. The van der Waals surface area contributed by atoms with Gasteiger partial charge in [-0.25, -0.2) is 4.79 Å². The second kappa shape index (κ2) is 9.85. The normalized spacial score (nSPS) is 15.9. The van der Waals surface area contributed by atoms with Crippen LogP contribution < -0.4 is 15.2 Å². The van der Waals surface area contributed by atoms with E-state index >= 15 is 0 Å². The standard InChI is InChI=1S/C25H28N4O4/c1-17-5-6-18(2)22(15-17)29-24(31)12-11-21(27-29)25(32)33-16-23(30)26-19-7-9-20(10-8-19)28-13-3-4-14-28/h5-10,15H,3-4,11-14,16H2,1-2H3,(H,26,30). The second-order valence-corrected chi connectivity index (χ2v) is 8.41. The van der Waals surface area contributed by atoms with Crippen LogP contribution in [0.3, 0.4) is 0 Å². The van der Waals surface area contributed by atoms with Crippen molar-refractivity contribution >= 4 is 40.6 Å². The maximum atomic E-state index is 12.5. The summed E-state index contributed by atoms with van der Waals surface area (Å²) in [6, 6.07) is 13.3. The molecule has 1 saturated heterocycles. The largest absolute Gasteiger partial charge is 0.451 e. The first kappa shape index (κ1) is 22.5. The monoisotopic (exact) mass is 448 g/mol. The molecule has 2 aromatic carbocycles. The first-order valence-corrected chi connectivity index (χ1v) is 11.2. The average molecular weight is 449 g/mol. The number of hydrogen-bond donors (Lipinski definition) is 1. The molecule has 0 aliphatic carbocycles. The van der Waals surface area contributed by atoms with Crippen molar-refractivity contribution in [2.75, 3.05) is 34.9 Å². The molecule has 0 radical (unpaired) electrons. The third kappa shape index (κ3) is 5.39. The van der Waals surface area contributed by atoms with Gasteiger partial charge in [0.25, 0.3) is 5.91 Å². The van der Waals surface area contributed by atoms with Gasteiger partial charge < -0.3 is 15.0 Å². The molecule has 8 nitrogen and oxygen atoms in total. The van der Waals surface area contributed by atoms with Crippen LogP contribution in [0, 0.1) is 13.8 Å². The fraction of sp³-hybridized carbons (Fsp3) is 0.360. The summed E-state index contributed by atoms with van der Waals surface area (Å²) < 4.78 is 5.17. The summed E-state index contributed by atoms with van der Waals surface area (Å²) in [6.45, 7) is 5.49. The number of hydrogen-bond acceptors (Lipinski definition) is 6. The Labute approximate surface area is 193 Å². The fourth-order valence-electron chi connectivity index (χ4n) is 3.98. The number of carbonyl (C=O) groups excluding carboxylic acids is 3. The topological polar surface area (TPSA) is 91.3 Å². The number of hydrazone groups is 1. The number of nitrogens with one attached hydrogen (secondary N) is 1. The Kier molecular flexibility index (Phi) is 6.72. The molecule has 1 N–H and O–H groups in total. The molecule has 2 heterocycles. The van der Waals surface area contributed by atoms with Crippen molar-refractivity contribution in [3.05, 3.63) is 53.6 Å². The second-order valence-electron chi connectivity index (χ2n) is 8.41. The van der Waals surface area contributed by atoms with Gasteiger partial charge in [-0.05, 0) is 68.1 Å². The Morgan fingerprint density at radius 1 is 1.03 bits per heavy atom. The van der Waals surface area contributed by atoms with E-state index in [1.54, 1.807) is 0 Å². The quantitative estimate of drug-likeness (QED) is 0.682. The summed E-state index contributed by atoms with van der Waals surface area (Å²) in [5.74, 6) is -1.32. The van der Waals surface area contributed by atoms with Gasteiger partial charge in [-0.15, -0.1) is 0 Å². The Hall–Kier alpha value is -3.68. The number of aryl methyl sites for hydroxylation is 2. The number of carbonyl (C=O) groups is 3. The Bertz CT molecular complexity index is 1090. The van der Waals surface area contributed by atoms with E-state index in [4.69, 9.17) is 4.74 Å². The molecule has 0 unspecified atom stereocenters. The predicted octanol–water partition coefficient (Wildman–Crippen LogP) is 3.57. The highest BCUT2D eigenvalue weighted by molar-refractivity contribution is 6.38. The van der Waals surface area contributed by atoms with E-state index in [-0.39, 0.29) is 24.5 Å². The molecule has 0 atom stereocenters. The molecule has 0 saturated carbocycles. The van der Waals surface area contributed by atoms with E-state index in [0.717, 1.165) is 29.9 Å². The SMILES string of the molecule is Cc1ccc(C)c(N2N=C(C(=O)OCC(=O)Nc3ccc(N4CCCC4)cc3)CCC2=O)c1. The van der Waals surface area contributed by atoms with Crippen LogP contribution in [0.1, 0.15) is 36.8 Å². The number of anilines is 3. The maximum absolute atomic E-state index is 12.5. The molecule has 2 amide bonds. The van der Waals surface area contributed by atoms with Crippen molar-refractivity contribution < 1.29 is 19.1 Å². The number of esters is 1. The highest BCUT2D eigenvalue weighted by atomic mass is 16.5. The van der Waals surface area contributed by atoms with E-state index in [1.807, 2.05) is 56.3 Å². The van der Waals surface area contributed by atoms with E-state index in [1.165, 1.54) is 17.9 Å². The Balaban J connectivity index is 1.34. The minimum Gasteiger partial charge on any atom is -0.451 e. The van der Waals surface area contributed by atoms with E-state index < -0.39 is 18.5 Å². The fourth-order valence-corrected chi connectivity index (χ4v) is 3.98. The molecule has 8 heteroatoms. The van der Waals surface area contributed by atoms with Crippen molar-refractivity contribution in [1.29, 1.82) is 0 Å². The number of nitrogens with zero attached hydrogens (tertiary/aromatic N) is 3. The van der Waals surface area contributed by atoms with Crippen molar-refractivity contribution in [3.63, 3.8) is 0 Å². The number of amides is 2. The molecule has 1 fully saturated rings. The lowest BCUT2D eigenvalue weighted by Gasteiger charge is -2.24. The summed E-state index contributed by atoms with van der Waals surface area (Å²) in [6.07, 6.45) is 2.73. The third-order valence-corrected chi connectivity index (χ3v) is 5.82. The third-order valence-electron chi connectivity index (χ3n) is 5.82. The van der Waals surface area contributed by atoms with Gasteiger partial charge in [0, 0.05) is 37.3 Å². The Morgan fingerprint density at radius 2 is 1.76 bits per heavy atom. The van der Waals surface area contributed by atoms with Crippen LogP contribution in [-0.4, -0.2) is 43.2 Å². The zero-order valence-electron chi connectivity index (χ0n) is 19.0. The minimum atomic E-state index is -0.697. The highest BCUT2D eigenvalue weighted by Crippen LogP contribution is 2.26. The van der Waals surface area contributed by atoms with Crippen molar-refractivity contribution in [2.24, 2.45) is 5.10 Å². The van der Waals surface area contributed by atoms with Crippen LogP contribution in [0.5, 0.6) is 0 Å². The van der Waals surface area contributed by atoms with Crippen LogP contribution in [0.25, 0.3) is 0 Å². The lowest BCUT2D eigenvalue weighted by molar-refractivity contribution is -0.140. The van der Waals surface area contributed by atoms with E-state index in [2.05, 4.69) is 15.3 Å². The summed E-state index contributed by atoms with van der Waals surface area (Å²) >= 11 is 0. The molecule has 2 aliphatic rings. The summed E-state index contributed by atoms with van der Waals surface area (Å²) in [4.78, 5) is 39.5. The van der Waals surface area contributed by atoms with Gasteiger partial charge in [-0.1, -0.05) is 12.1 Å². The first-order chi connectivity index (χ1) is 15.9. The number of benzene rings is 2. The van der Waals surface area contributed by atoms with Crippen molar-refractivity contribution in [2.45, 2.75) is 39.5 Å². The van der Waals surface area contributed by atoms with Crippen LogP contribution in [0.2, 0.25) is 0 Å². The molecule has 2 aromatic rings. The van der Waals surface area contributed by atoms with Crippen LogP contribution in [-0.2, 0) is 19.1 Å². The molecule has 0 spiro atoms. The van der Waals surface area contributed by atoms with E-state index in [0.29, 0.717) is 11.4 Å². The number of rotatable bonds is 6. The van der Waals surface area contributed by atoms with Gasteiger partial charge in [-0.3, -0.25) is 9.59 Å². The van der Waals surface area contributed by atoms with Crippen molar-refractivity contribution in [1.82, 2.24) is 0 Å². The molecule has 172 valence electrons. The van der Waals surface area contributed by atoms with Gasteiger partial charge in [0.15, 0.2) is 6.61 Å². The van der Waals surface area contributed by atoms with Crippen LogP contribution in [0.15, 0.2) is 47.6 Å². The molecule has 2 aliphatic heterocycles. The van der Waals surface area contributed by atoms with Gasteiger partial charge in [0.1, 0.15) is 5.71 Å². The van der Waals surface area contributed by atoms with Crippen molar-refractivity contribution in [3.8, 4) is 0 Å². The molecule has 0 bridgehead atoms. The highest BCUT2D eigenvalue weighted by Gasteiger charge is 2.27. The molecule has 0 aromatic heterocycles. The van der Waals surface area contributed by atoms with Gasteiger partial charge >= 0.3 is 5.97 Å². The summed E-state index contributed by atoms with van der Waals surface area (Å²) in [7, 11) is 0. The molecular weight excluding hydrogens is 420 g/mol. The summed E-state index contributed by atoms with van der Waals surface area (Å²) in [5, 5.41) is 8.22. The van der Waals surface area contributed by atoms with Gasteiger partial charge in [0.05, 0.1) is 5.69 Å². The maximum Gasteiger partial charge on any atom is 0.355 e. The predicted molar refractivity (Wildman–Crippen MR) is 128 cm³/mol. The molecule has 33 heavy (non-hydrogen) atoms. The smallest absolute Gasteiger partial charge is 0.355 e. The van der Waals surface area contributed by atoms with Crippen LogP contribution >= 0.6 is 0 Å². The van der Waals surface area contributed by atoms with Gasteiger partial charge in [-0.2, -0.15) is 10.1 Å². The molecular formula is C25H28N4O4. The minimum absolute atomic E-state index is 0.123. The molecule has 4 rings (SSSR count). The van der Waals surface area contributed by atoms with Crippen LogP contribution in [0.4, 0.5) is 17.1 Å². The van der Waals surface area contributed by atoms with E-state index in [9.17, 15) is 14.4 Å².